The van der Waals surface area contributed by atoms with E-state index in [2.05, 4.69) is 4.98 Å². The summed E-state index contributed by atoms with van der Waals surface area (Å²) in [6, 6.07) is 2.34. The fraction of sp³-hybridized carbons (Fsp3) is 0.545. The summed E-state index contributed by atoms with van der Waals surface area (Å²) in [6.07, 6.45) is -2.76. The van der Waals surface area contributed by atoms with Crippen LogP contribution in [0.4, 0.5) is 13.2 Å². The Labute approximate surface area is 92.7 Å². The lowest BCUT2D eigenvalue weighted by Gasteiger charge is -2.23. The van der Waals surface area contributed by atoms with Crippen LogP contribution in [0.15, 0.2) is 18.3 Å². The molecule has 0 aromatic carbocycles. The smallest absolute Gasteiger partial charge is 0.330 e. The van der Waals surface area contributed by atoms with Gasteiger partial charge in [-0.3, -0.25) is 4.98 Å². The third-order valence-electron chi connectivity index (χ3n) is 2.39. The molecular formula is C11H15F3N2. The van der Waals surface area contributed by atoms with Gasteiger partial charge in [-0.15, -0.1) is 0 Å². The van der Waals surface area contributed by atoms with Gasteiger partial charge in [0, 0.05) is 6.20 Å². The van der Waals surface area contributed by atoms with Crippen molar-refractivity contribution in [2.24, 2.45) is 11.1 Å². The van der Waals surface area contributed by atoms with Crippen molar-refractivity contribution in [3.05, 3.63) is 29.6 Å². The number of aromatic nitrogens is 1. The number of nitrogens with zero attached hydrogens (tertiary/aromatic N) is 1. The zero-order chi connectivity index (χ0) is 12.4. The van der Waals surface area contributed by atoms with E-state index in [1.54, 1.807) is 0 Å². The molecule has 0 bridgehead atoms. The van der Waals surface area contributed by atoms with E-state index in [1.807, 2.05) is 13.8 Å². The largest absolute Gasteiger partial charge is 0.418 e. The van der Waals surface area contributed by atoms with Gasteiger partial charge < -0.3 is 5.73 Å². The molecule has 2 N–H and O–H groups in total. The number of alkyl halides is 3. The third kappa shape index (κ3) is 3.20. The summed E-state index contributed by atoms with van der Waals surface area (Å²) >= 11 is 0. The number of pyridine rings is 1. The molecule has 5 heteroatoms. The molecule has 1 aromatic heterocycles. The Morgan fingerprint density at radius 3 is 2.44 bits per heavy atom. The minimum absolute atomic E-state index is 0.0606. The van der Waals surface area contributed by atoms with Crippen molar-refractivity contribution in [1.82, 2.24) is 4.98 Å². The molecule has 0 aliphatic rings. The van der Waals surface area contributed by atoms with E-state index in [9.17, 15) is 13.2 Å². The maximum Gasteiger partial charge on any atom is 0.418 e. The van der Waals surface area contributed by atoms with Crippen LogP contribution in [0.5, 0.6) is 0 Å². The molecule has 0 atom stereocenters. The third-order valence-corrected chi connectivity index (χ3v) is 2.39. The highest BCUT2D eigenvalue weighted by Gasteiger charge is 2.35. The van der Waals surface area contributed by atoms with Crippen molar-refractivity contribution in [3.63, 3.8) is 0 Å². The van der Waals surface area contributed by atoms with Gasteiger partial charge in [0.2, 0.25) is 0 Å². The summed E-state index contributed by atoms with van der Waals surface area (Å²) in [5, 5.41) is 0. The SMILES string of the molecule is CC(C)(CN)Cc1ncccc1C(F)(F)F. The van der Waals surface area contributed by atoms with E-state index < -0.39 is 11.7 Å². The number of hydrogen-bond acceptors (Lipinski definition) is 2. The molecular weight excluding hydrogens is 217 g/mol. The Bertz CT molecular complexity index is 358. The lowest BCUT2D eigenvalue weighted by molar-refractivity contribution is -0.138. The maximum absolute atomic E-state index is 12.7. The highest BCUT2D eigenvalue weighted by Crippen LogP contribution is 2.33. The van der Waals surface area contributed by atoms with Crippen LogP contribution >= 0.6 is 0 Å². The van der Waals surface area contributed by atoms with E-state index in [-0.39, 0.29) is 17.5 Å². The molecule has 0 spiro atoms. The van der Waals surface area contributed by atoms with E-state index in [0.717, 1.165) is 6.07 Å². The first-order valence-electron chi connectivity index (χ1n) is 4.97. The van der Waals surface area contributed by atoms with Crippen molar-refractivity contribution >= 4 is 0 Å². The predicted molar refractivity (Wildman–Crippen MR) is 55.8 cm³/mol. The van der Waals surface area contributed by atoms with E-state index >= 15 is 0 Å². The average Bonchev–Trinajstić information content (AvgIpc) is 2.16. The van der Waals surface area contributed by atoms with Crippen molar-refractivity contribution in [3.8, 4) is 0 Å². The summed E-state index contributed by atoms with van der Waals surface area (Å²) in [6.45, 7) is 3.96. The molecule has 16 heavy (non-hydrogen) atoms. The number of halogens is 3. The summed E-state index contributed by atoms with van der Waals surface area (Å²) in [4.78, 5) is 3.80. The predicted octanol–water partition coefficient (Wildman–Crippen LogP) is 2.63. The number of hydrogen-bond donors (Lipinski definition) is 1. The standard InChI is InChI=1S/C11H15F3N2/c1-10(2,7-15)6-9-8(11(12,13)14)4-3-5-16-9/h3-5H,6-7,15H2,1-2H3. The topological polar surface area (TPSA) is 38.9 Å². The van der Waals surface area contributed by atoms with Crippen molar-refractivity contribution in [2.45, 2.75) is 26.4 Å². The summed E-state index contributed by atoms with van der Waals surface area (Å²) < 4.78 is 38.0. The summed E-state index contributed by atoms with van der Waals surface area (Å²) in [7, 11) is 0. The van der Waals surface area contributed by atoms with Crippen LogP contribution in [-0.4, -0.2) is 11.5 Å². The van der Waals surface area contributed by atoms with Crippen LogP contribution in [0.2, 0.25) is 0 Å². The summed E-state index contributed by atoms with van der Waals surface area (Å²) in [5.74, 6) is 0. The van der Waals surface area contributed by atoms with E-state index in [0.29, 0.717) is 6.54 Å². The number of nitrogens with two attached hydrogens (primary N) is 1. The second-order valence-corrected chi connectivity index (χ2v) is 4.54. The van der Waals surface area contributed by atoms with Gasteiger partial charge in [0.25, 0.3) is 0 Å². The van der Waals surface area contributed by atoms with Gasteiger partial charge in [0.15, 0.2) is 0 Å². The van der Waals surface area contributed by atoms with Crippen molar-refractivity contribution < 1.29 is 13.2 Å². The zero-order valence-corrected chi connectivity index (χ0v) is 9.30. The Morgan fingerprint density at radius 2 is 1.94 bits per heavy atom. The second kappa shape index (κ2) is 4.41. The average molecular weight is 232 g/mol. The molecule has 0 radical (unpaired) electrons. The minimum atomic E-state index is -4.35. The van der Waals surface area contributed by atoms with Crippen LogP contribution in [0.25, 0.3) is 0 Å². The highest BCUT2D eigenvalue weighted by atomic mass is 19.4. The van der Waals surface area contributed by atoms with E-state index in [1.165, 1.54) is 12.3 Å². The second-order valence-electron chi connectivity index (χ2n) is 4.54. The number of rotatable bonds is 3. The molecule has 0 fully saturated rings. The van der Waals surface area contributed by atoms with Gasteiger partial charge in [-0.25, -0.2) is 0 Å². The molecule has 0 saturated carbocycles. The van der Waals surface area contributed by atoms with Gasteiger partial charge in [-0.05, 0) is 30.5 Å². The molecule has 0 aliphatic carbocycles. The van der Waals surface area contributed by atoms with Crippen LogP contribution in [-0.2, 0) is 12.6 Å². The molecule has 1 rings (SSSR count). The Kier molecular flexibility index (Phi) is 3.57. The first-order valence-corrected chi connectivity index (χ1v) is 4.97. The maximum atomic E-state index is 12.7. The lowest BCUT2D eigenvalue weighted by atomic mass is 9.86. The molecule has 1 aromatic rings. The monoisotopic (exact) mass is 232 g/mol. The molecule has 90 valence electrons. The normalized spacial score (nSPS) is 12.9. The Morgan fingerprint density at radius 1 is 1.31 bits per heavy atom. The van der Waals surface area contributed by atoms with Crippen LogP contribution in [0, 0.1) is 5.41 Å². The molecule has 0 saturated heterocycles. The van der Waals surface area contributed by atoms with Crippen molar-refractivity contribution in [1.29, 1.82) is 0 Å². The van der Waals surface area contributed by atoms with Gasteiger partial charge >= 0.3 is 6.18 Å². The van der Waals surface area contributed by atoms with Gasteiger partial charge in [-0.2, -0.15) is 13.2 Å². The molecule has 0 unspecified atom stereocenters. The van der Waals surface area contributed by atoms with Crippen LogP contribution < -0.4 is 5.73 Å². The first-order chi connectivity index (χ1) is 7.26. The fourth-order valence-corrected chi connectivity index (χ4v) is 1.36. The molecule has 1 heterocycles. The molecule has 0 amide bonds. The first kappa shape index (κ1) is 13.0. The molecule has 2 nitrogen and oxygen atoms in total. The Hall–Kier alpha value is -1.10. The highest BCUT2D eigenvalue weighted by molar-refractivity contribution is 5.24. The summed E-state index contributed by atoms with van der Waals surface area (Å²) in [5.41, 5.74) is 4.51. The van der Waals surface area contributed by atoms with Gasteiger partial charge in [-0.1, -0.05) is 13.8 Å². The quantitative estimate of drug-likeness (QED) is 0.870. The van der Waals surface area contributed by atoms with Crippen LogP contribution in [0.1, 0.15) is 25.1 Å². The molecule has 0 aliphatic heterocycles. The minimum Gasteiger partial charge on any atom is -0.330 e. The van der Waals surface area contributed by atoms with E-state index in [4.69, 9.17) is 5.73 Å². The van der Waals surface area contributed by atoms with Gasteiger partial charge in [0.1, 0.15) is 0 Å². The lowest BCUT2D eigenvalue weighted by Crippen LogP contribution is -2.27. The fourth-order valence-electron chi connectivity index (χ4n) is 1.36. The van der Waals surface area contributed by atoms with Crippen molar-refractivity contribution in [2.75, 3.05) is 6.54 Å². The van der Waals surface area contributed by atoms with Gasteiger partial charge in [0.05, 0.1) is 11.3 Å². The zero-order valence-electron chi connectivity index (χ0n) is 9.30. The van der Waals surface area contributed by atoms with Crippen LogP contribution in [0.3, 0.4) is 0 Å². The Balaban J connectivity index is 3.06.